The Hall–Kier alpha value is -0.790. The third-order valence-corrected chi connectivity index (χ3v) is 5.69. The highest BCUT2D eigenvalue weighted by Gasteiger charge is 2.64. The Bertz CT molecular complexity index is 623. The van der Waals surface area contributed by atoms with Gasteiger partial charge in [-0.3, -0.25) is 4.79 Å². The molecule has 1 spiro atoms. The first-order chi connectivity index (χ1) is 10.3. The van der Waals surface area contributed by atoms with Crippen molar-refractivity contribution >= 4 is 33.4 Å². The number of halogens is 4. The topological polar surface area (TPSA) is 53.4 Å². The zero-order chi connectivity index (χ0) is 16.1. The lowest BCUT2D eigenvalue weighted by molar-refractivity contribution is -0.0959. The number of hydrogen-bond donors (Lipinski definition) is 1. The van der Waals surface area contributed by atoms with E-state index in [4.69, 9.17) is 11.6 Å². The second-order valence-electron chi connectivity index (χ2n) is 5.83. The van der Waals surface area contributed by atoms with Crippen LogP contribution in [0.25, 0.3) is 0 Å². The number of rotatable bonds is 1. The maximum atomic E-state index is 14.0. The van der Waals surface area contributed by atoms with Gasteiger partial charge in [-0.2, -0.15) is 0 Å². The Morgan fingerprint density at radius 2 is 2.05 bits per heavy atom. The van der Waals surface area contributed by atoms with Crippen molar-refractivity contribution in [2.75, 3.05) is 6.54 Å². The summed E-state index contributed by atoms with van der Waals surface area (Å²) in [4.78, 5) is 17.8. The van der Waals surface area contributed by atoms with Crippen LogP contribution in [0, 0.1) is 0 Å². The van der Waals surface area contributed by atoms with Gasteiger partial charge in [0.2, 0.25) is 0 Å². The summed E-state index contributed by atoms with van der Waals surface area (Å²) in [6.45, 7) is -0.783. The van der Waals surface area contributed by atoms with Crippen molar-refractivity contribution in [2.45, 2.75) is 43.2 Å². The fraction of sp³-hybridized carbons (Fsp3) is 0.571. The summed E-state index contributed by atoms with van der Waals surface area (Å²) in [7, 11) is 0. The molecule has 1 aromatic rings. The summed E-state index contributed by atoms with van der Waals surface area (Å²) in [5, 5.41) is 10.4. The standard InChI is InChI=1S/C14H14BrClF2N2O2/c15-10-8(16)3-4-9(19-10)11(21)20-7-14(17,18)12(22)13(20)5-1-2-6-13/h3-4,12,22H,1-2,5-7H2. The molecule has 2 fully saturated rings. The summed E-state index contributed by atoms with van der Waals surface area (Å²) < 4.78 is 28.3. The summed E-state index contributed by atoms with van der Waals surface area (Å²) in [6, 6.07) is 2.89. The molecule has 1 saturated carbocycles. The highest BCUT2D eigenvalue weighted by molar-refractivity contribution is 9.10. The van der Waals surface area contributed by atoms with E-state index >= 15 is 0 Å². The molecule has 120 valence electrons. The Balaban J connectivity index is 1.98. The van der Waals surface area contributed by atoms with Gasteiger partial charge in [-0.1, -0.05) is 24.4 Å². The lowest BCUT2D eigenvalue weighted by atomic mass is 9.90. The predicted octanol–water partition coefficient (Wildman–Crippen LogP) is 3.26. The number of likely N-dealkylation sites (tertiary alicyclic amines) is 1. The van der Waals surface area contributed by atoms with Crippen molar-refractivity contribution in [3.8, 4) is 0 Å². The van der Waals surface area contributed by atoms with Crippen molar-refractivity contribution in [3.05, 3.63) is 27.5 Å². The van der Waals surface area contributed by atoms with Crippen LogP contribution in [0.15, 0.2) is 16.7 Å². The smallest absolute Gasteiger partial charge is 0.292 e. The maximum absolute atomic E-state index is 14.0. The first-order valence-corrected chi connectivity index (χ1v) is 8.15. The lowest BCUT2D eigenvalue weighted by Gasteiger charge is -2.36. The van der Waals surface area contributed by atoms with Gasteiger partial charge in [0.25, 0.3) is 11.8 Å². The monoisotopic (exact) mass is 394 g/mol. The molecule has 1 N–H and O–H groups in total. The molecule has 1 aliphatic carbocycles. The molecule has 1 aromatic heterocycles. The van der Waals surface area contributed by atoms with Crippen LogP contribution in [0.1, 0.15) is 36.2 Å². The first kappa shape index (κ1) is 16.1. The summed E-state index contributed by atoms with van der Waals surface area (Å²) in [5.41, 5.74) is -1.15. The molecular formula is C14H14BrClF2N2O2. The van der Waals surface area contributed by atoms with Crippen LogP contribution in [-0.2, 0) is 0 Å². The van der Waals surface area contributed by atoms with Crippen LogP contribution in [0.4, 0.5) is 8.78 Å². The van der Waals surface area contributed by atoms with E-state index in [1.165, 1.54) is 12.1 Å². The van der Waals surface area contributed by atoms with Gasteiger partial charge in [0, 0.05) is 0 Å². The van der Waals surface area contributed by atoms with E-state index < -0.39 is 30.0 Å². The molecule has 2 aliphatic rings. The van der Waals surface area contributed by atoms with E-state index in [2.05, 4.69) is 20.9 Å². The third-order valence-electron chi connectivity index (χ3n) is 4.55. The minimum Gasteiger partial charge on any atom is -0.384 e. The van der Waals surface area contributed by atoms with Crippen LogP contribution < -0.4 is 0 Å². The van der Waals surface area contributed by atoms with Gasteiger partial charge in [-0.25, -0.2) is 13.8 Å². The number of aliphatic hydroxyl groups excluding tert-OH is 1. The molecule has 2 heterocycles. The Morgan fingerprint density at radius 3 is 2.64 bits per heavy atom. The van der Waals surface area contributed by atoms with Crippen LogP contribution >= 0.6 is 27.5 Å². The molecule has 0 bridgehead atoms. The van der Waals surface area contributed by atoms with Crippen LogP contribution in [0.5, 0.6) is 0 Å². The van der Waals surface area contributed by atoms with Gasteiger partial charge in [0.1, 0.15) is 16.4 Å². The second-order valence-corrected chi connectivity index (χ2v) is 6.99. The fourth-order valence-corrected chi connectivity index (χ4v) is 3.90. The number of alkyl halides is 2. The van der Waals surface area contributed by atoms with Crippen molar-refractivity contribution in [2.24, 2.45) is 0 Å². The van der Waals surface area contributed by atoms with E-state index in [9.17, 15) is 18.7 Å². The Morgan fingerprint density at radius 1 is 1.41 bits per heavy atom. The molecule has 0 aromatic carbocycles. The van der Waals surface area contributed by atoms with E-state index in [-0.39, 0.29) is 10.3 Å². The number of hydrogen-bond acceptors (Lipinski definition) is 3. The van der Waals surface area contributed by atoms with Crippen LogP contribution in [0.3, 0.4) is 0 Å². The number of pyridine rings is 1. The van der Waals surface area contributed by atoms with E-state index in [1.54, 1.807) is 0 Å². The van der Waals surface area contributed by atoms with Gasteiger partial charge in [-0.05, 0) is 40.9 Å². The van der Waals surface area contributed by atoms with Gasteiger partial charge in [0.15, 0.2) is 0 Å². The second kappa shape index (κ2) is 5.39. The average Bonchev–Trinajstić information content (AvgIpc) is 3.02. The Kier molecular flexibility index (Phi) is 3.94. The number of aliphatic hydroxyl groups is 1. The van der Waals surface area contributed by atoms with E-state index in [1.807, 2.05) is 0 Å². The largest absolute Gasteiger partial charge is 0.384 e. The van der Waals surface area contributed by atoms with E-state index in [0.717, 1.165) is 4.90 Å². The highest BCUT2D eigenvalue weighted by Crippen LogP contribution is 2.49. The minimum atomic E-state index is -3.30. The molecule has 1 aliphatic heterocycles. The van der Waals surface area contributed by atoms with Crippen LogP contribution in [0.2, 0.25) is 5.02 Å². The first-order valence-electron chi connectivity index (χ1n) is 6.98. The predicted molar refractivity (Wildman–Crippen MR) is 80.1 cm³/mol. The van der Waals surface area contributed by atoms with Gasteiger partial charge in [-0.15, -0.1) is 0 Å². The SMILES string of the molecule is O=C(c1ccc(Cl)c(Br)n1)N1CC(F)(F)C(O)C12CCCC2. The molecular weight excluding hydrogens is 382 g/mol. The summed E-state index contributed by atoms with van der Waals surface area (Å²) >= 11 is 8.96. The number of carbonyl (C=O) groups is 1. The van der Waals surface area contributed by atoms with Crippen LogP contribution in [-0.4, -0.2) is 45.0 Å². The average molecular weight is 396 g/mol. The zero-order valence-electron chi connectivity index (χ0n) is 11.5. The fourth-order valence-electron chi connectivity index (χ4n) is 3.47. The number of amides is 1. The van der Waals surface area contributed by atoms with Crippen molar-refractivity contribution in [1.29, 1.82) is 0 Å². The summed E-state index contributed by atoms with van der Waals surface area (Å²) in [6.07, 6.45) is 0.361. The van der Waals surface area contributed by atoms with Crippen molar-refractivity contribution in [1.82, 2.24) is 9.88 Å². The van der Waals surface area contributed by atoms with Crippen molar-refractivity contribution < 1.29 is 18.7 Å². The molecule has 0 radical (unpaired) electrons. The van der Waals surface area contributed by atoms with Gasteiger partial charge >= 0.3 is 0 Å². The normalized spacial score (nSPS) is 25.9. The number of carbonyl (C=O) groups excluding carboxylic acids is 1. The van der Waals surface area contributed by atoms with Crippen molar-refractivity contribution in [3.63, 3.8) is 0 Å². The molecule has 8 heteroatoms. The molecule has 3 rings (SSSR count). The molecule has 1 amide bonds. The maximum Gasteiger partial charge on any atom is 0.292 e. The molecule has 1 atom stereocenters. The minimum absolute atomic E-state index is 0.0347. The zero-order valence-corrected chi connectivity index (χ0v) is 13.9. The molecule has 1 unspecified atom stereocenters. The quantitative estimate of drug-likeness (QED) is 0.743. The lowest BCUT2D eigenvalue weighted by Crippen LogP contribution is -2.52. The summed E-state index contributed by atoms with van der Waals surface area (Å²) in [5.74, 6) is -3.90. The Labute approximate surface area is 139 Å². The third kappa shape index (κ3) is 2.34. The van der Waals surface area contributed by atoms with E-state index in [0.29, 0.717) is 30.7 Å². The van der Waals surface area contributed by atoms with Gasteiger partial charge in [0.05, 0.1) is 17.1 Å². The number of nitrogens with zero attached hydrogens (tertiary/aromatic N) is 2. The molecule has 22 heavy (non-hydrogen) atoms. The number of aromatic nitrogens is 1. The van der Waals surface area contributed by atoms with Gasteiger partial charge < -0.3 is 10.0 Å². The molecule has 1 saturated heterocycles. The highest BCUT2D eigenvalue weighted by atomic mass is 79.9. The molecule has 4 nitrogen and oxygen atoms in total.